The molecule has 1 aromatic rings. The second kappa shape index (κ2) is 7.86. The monoisotopic (exact) mass is 358 g/mol. The Morgan fingerprint density at radius 3 is 2.64 bits per heavy atom. The summed E-state index contributed by atoms with van der Waals surface area (Å²) in [5.41, 5.74) is 0.875. The lowest BCUT2D eigenvalue weighted by Gasteiger charge is -2.40. The van der Waals surface area contributed by atoms with Gasteiger partial charge in [-0.05, 0) is 30.5 Å². The third kappa shape index (κ3) is 4.94. The Hall–Kier alpha value is -2.09. The highest BCUT2D eigenvalue weighted by Gasteiger charge is 2.48. The number of methoxy groups -OCH3 is 1. The average Bonchev–Trinajstić information content (AvgIpc) is 2.53. The van der Waals surface area contributed by atoms with Crippen molar-refractivity contribution in [2.45, 2.75) is 44.6 Å². The van der Waals surface area contributed by atoms with E-state index in [1.54, 1.807) is 12.1 Å². The van der Waals surface area contributed by atoms with Gasteiger partial charge in [-0.3, -0.25) is 9.59 Å². The molecule has 1 aliphatic heterocycles. The largest absolute Gasteiger partial charge is 0.408 e. The molecule has 0 spiro atoms. The van der Waals surface area contributed by atoms with E-state index in [0.717, 1.165) is 4.90 Å². The van der Waals surface area contributed by atoms with Gasteiger partial charge in [0, 0.05) is 32.2 Å². The molecule has 2 atom stereocenters. The molecule has 1 aromatic carbocycles. The van der Waals surface area contributed by atoms with Gasteiger partial charge in [-0.25, -0.2) is 0 Å². The summed E-state index contributed by atoms with van der Waals surface area (Å²) in [5, 5.41) is 2.60. The lowest BCUT2D eigenvalue weighted by atomic mass is 9.96. The molecule has 1 saturated heterocycles. The fourth-order valence-electron chi connectivity index (χ4n) is 3.07. The first-order valence-electron chi connectivity index (χ1n) is 7.95. The van der Waals surface area contributed by atoms with Crippen LogP contribution in [-0.4, -0.2) is 48.6 Å². The first kappa shape index (κ1) is 19.2. The summed E-state index contributed by atoms with van der Waals surface area (Å²) in [5.74, 6) is -1.03. The summed E-state index contributed by atoms with van der Waals surface area (Å²) in [4.78, 5) is 24.7. The van der Waals surface area contributed by atoms with E-state index < -0.39 is 24.2 Å². The van der Waals surface area contributed by atoms with Crippen molar-refractivity contribution in [3.8, 4) is 0 Å². The molecule has 0 unspecified atom stereocenters. The van der Waals surface area contributed by atoms with Gasteiger partial charge >= 0.3 is 6.18 Å². The van der Waals surface area contributed by atoms with E-state index in [0.29, 0.717) is 5.56 Å². The Kier molecular flexibility index (Phi) is 6.05. The third-order valence-corrected chi connectivity index (χ3v) is 4.11. The number of likely N-dealkylation sites (tertiary alicyclic amines) is 1. The van der Waals surface area contributed by atoms with Gasteiger partial charge in [0.25, 0.3) is 5.91 Å². The Labute approximate surface area is 144 Å². The summed E-state index contributed by atoms with van der Waals surface area (Å²) >= 11 is 0. The second-order valence-corrected chi connectivity index (χ2v) is 6.12. The Bertz CT molecular complexity index is 634. The Balaban J connectivity index is 2.26. The highest BCUT2D eigenvalue weighted by Crippen LogP contribution is 2.33. The van der Waals surface area contributed by atoms with Crippen molar-refractivity contribution in [1.82, 2.24) is 10.2 Å². The number of carbonyl (C=O) groups excluding carboxylic acids is 2. The van der Waals surface area contributed by atoms with Crippen LogP contribution in [0, 0.1) is 0 Å². The summed E-state index contributed by atoms with van der Waals surface area (Å²) in [6, 6.07) is 4.02. The van der Waals surface area contributed by atoms with Crippen LogP contribution >= 0.6 is 0 Å². The molecule has 8 heteroatoms. The van der Waals surface area contributed by atoms with E-state index in [9.17, 15) is 22.8 Å². The van der Waals surface area contributed by atoms with Crippen molar-refractivity contribution in [3.63, 3.8) is 0 Å². The van der Waals surface area contributed by atoms with Gasteiger partial charge in [0.2, 0.25) is 5.91 Å². The smallest absolute Gasteiger partial charge is 0.380 e. The zero-order valence-electron chi connectivity index (χ0n) is 14.1. The number of piperidine rings is 1. The van der Waals surface area contributed by atoms with Crippen LogP contribution in [0.15, 0.2) is 24.3 Å². The lowest BCUT2D eigenvalue weighted by Crippen LogP contribution is -2.58. The summed E-state index contributed by atoms with van der Waals surface area (Å²) in [7, 11) is 1.50. The highest BCUT2D eigenvalue weighted by atomic mass is 19.4. The van der Waals surface area contributed by atoms with Gasteiger partial charge < -0.3 is 15.0 Å². The second-order valence-electron chi connectivity index (χ2n) is 6.12. The predicted molar refractivity (Wildman–Crippen MR) is 84.9 cm³/mol. The van der Waals surface area contributed by atoms with Gasteiger partial charge in [-0.1, -0.05) is 12.1 Å². The molecule has 2 rings (SSSR count). The maximum Gasteiger partial charge on any atom is 0.408 e. The summed E-state index contributed by atoms with van der Waals surface area (Å²) in [6.45, 7) is 1.39. The van der Waals surface area contributed by atoms with Gasteiger partial charge in [-0.15, -0.1) is 0 Å². The zero-order chi connectivity index (χ0) is 18.6. The van der Waals surface area contributed by atoms with Crippen molar-refractivity contribution < 1.29 is 27.5 Å². The van der Waals surface area contributed by atoms with Crippen LogP contribution < -0.4 is 5.32 Å². The molecule has 0 saturated carbocycles. The standard InChI is InChI=1S/C17H21F3N2O3/c1-11(23)21-14-6-7-15(17(18,19)20)22(9-14)16(24)13-5-3-4-12(8-13)10-25-2/h3-5,8,14-15H,6-7,9-10H2,1-2H3,(H,21,23)/t14-,15+/m0/s1. The van der Waals surface area contributed by atoms with E-state index in [2.05, 4.69) is 5.32 Å². The molecule has 25 heavy (non-hydrogen) atoms. The Morgan fingerprint density at radius 2 is 2.04 bits per heavy atom. The number of rotatable bonds is 4. The van der Waals surface area contributed by atoms with Crippen molar-refractivity contribution in [3.05, 3.63) is 35.4 Å². The minimum atomic E-state index is -4.51. The Morgan fingerprint density at radius 1 is 1.32 bits per heavy atom. The summed E-state index contributed by atoms with van der Waals surface area (Å²) in [6.07, 6.45) is -4.57. The van der Waals surface area contributed by atoms with Gasteiger partial charge in [0.1, 0.15) is 6.04 Å². The molecule has 0 bridgehead atoms. The summed E-state index contributed by atoms with van der Waals surface area (Å²) < 4.78 is 45.1. The van der Waals surface area contributed by atoms with E-state index >= 15 is 0 Å². The molecule has 138 valence electrons. The topological polar surface area (TPSA) is 58.6 Å². The van der Waals surface area contributed by atoms with E-state index in [1.807, 2.05) is 0 Å². The minimum Gasteiger partial charge on any atom is -0.380 e. The van der Waals surface area contributed by atoms with Crippen LogP contribution in [-0.2, 0) is 16.1 Å². The molecule has 1 aliphatic rings. The van der Waals surface area contributed by atoms with Crippen LogP contribution in [0.3, 0.4) is 0 Å². The van der Waals surface area contributed by atoms with Crippen LogP contribution in [0.4, 0.5) is 13.2 Å². The molecule has 5 nitrogen and oxygen atoms in total. The van der Waals surface area contributed by atoms with Gasteiger partial charge in [0.15, 0.2) is 0 Å². The van der Waals surface area contributed by atoms with E-state index in [4.69, 9.17) is 4.74 Å². The van der Waals surface area contributed by atoms with Crippen molar-refractivity contribution >= 4 is 11.8 Å². The quantitative estimate of drug-likeness (QED) is 0.900. The normalized spacial score (nSPS) is 21.1. The lowest BCUT2D eigenvalue weighted by molar-refractivity contribution is -0.184. The fraction of sp³-hybridized carbons (Fsp3) is 0.529. The molecule has 0 aromatic heterocycles. The number of alkyl halides is 3. The first-order chi connectivity index (χ1) is 11.7. The third-order valence-electron chi connectivity index (χ3n) is 4.11. The van der Waals surface area contributed by atoms with Crippen LogP contribution in [0.1, 0.15) is 35.7 Å². The molecular formula is C17H21F3N2O3. The first-order valence-corrected chi connectivity index (χ1v) is 7.95. The van der Waals surface area contributed by atoms with Crippen LogP contribution in [0.25, 0.3) is 0 Å². The number of carbonyl (C=O) groups is 2. The number of nitrogens with zero attached hydrogens (tertiary/aromatic N) is 1. The molecule has 2 amide bonds. The average molecular weight is 358 g/mol. The molecule has 1 N–H and O–H groups in total. The molecule has 1 heterocycles. The van der Waals surface area contributed by atoms with Gasteiger partial charge in [0.05, 0.1) is 6.61 Å². The highest BCUT2D eigenvalue weighted by molar-refractivity contribution is 5.94. The number of ether oxygens (including phenoxy) is 1. The zero-order valence-corrected chi connectivity index (χ0v) is 14.1. The SMILES string of the molecule is COCc1cccc(C(=O)N2C[C@@H](NC(C)=O)CC[C@@H]2C(F)(F)F)c1. The number of halogens is 3. The maximum atomic E-state index is 13.4. The minimum absolute atomic E-state index is 0.170. The number of amides is 2. The van der Waals surface area contributed by atoms with E-state index in [-0.39, 0.29) is 37.5 Å². The van der Waals surface area contributed by atoms with Crippen molar-refractivity contribution in [1.29, 1.82) is 0 Å². The van der Waals surface area contributed by atoms with Crippen LogP contribution in [0.2, 0.25) is 0 Å². The fourth-order valence-corrected chi connectivity index (χ4v) is 3.07. The van der Waals surface area contributed by atoms with Crippen molar-refractivity contribution in [2.75, 3.05) is 13.7 Å². The number of hydrogen-bond donors (Lipinski definition) is 1. The molecule has 0 radical (unpaired) electrons. The molecule has 0 aliphatic carbocycles. The van der Waals surface area contributed by atoms with E-state index in [1.165, 1.54) is 26.2 Å². The number of benzene rings is 1. The van der Waals surface area contributed by atoms with Crippen molar-refractivity contribution in [2.24, 2.45) is 0 Å². The molecule has 1 fully saturated rings. The molecular weight excluding hydrogens is 337 g/mol. The number of nitrogens with one attached hydrogen (secondary N) is 1. The maximum absolute atomic E-state index is 13.4. The van der Waals surface area contributed by atoms with Gasteiger partial charge in [-0.2, -0.15) is 13.2 Å². The predicted octanol–water partition coefficient (Wildman–Crippen LogP) is 2.50. The number of hydrogen-bond acceptors (Lipinski definition) is 3. The van der Waals surface area contributed by atoms with Crippen LogP contribution in [0.5, 0.6) is 0 Å².